The van der Waals surface area contributed by atoms with Gasteiger partial charge in [0.15, 0.2) is 5.82 Å². The SMILES string of the molecule is Cc1cc(C)nc(-c2ccc3c(-c4ccc5ccccc5c4)c4ccccc4c(-c4ccc5ccccc5c4)c3c2)n1. The summed E-state index contributed by atoms with van der Waals surface area (Å²) in [4.78, 5) is 9.64. The fourth-order valence-electron chi connectivity index (χ4n) is 6.48. The Morgan fingerprint density at radius 2 is 0.810 bits per heavy atom. The van der Waals surface area contributed by atoms with Crippen LogP contribution in [0, 0.1) is 13.8 Å². The molecule has 0 amide bonds. The topological polar surface area (TPSA) is 25.8 Å². The normalized spacial score (nSPS) is 11.6. The first-order valence-corrected chi connectivity index (χ1v) is 14.4. The first-order chi connectivity index (χ1) is 20.6. The van der Waals surface area contributed by atoms with Crippen LogP contribution in [-0.4, -0.2) is 9.97 Å². The first-order valence-electron chi connectivity index (χ1n) is 14.4. The highest BCUT2D eigenvalue weighted by Gasteiger charge is 2.18. The van der Waals surface area contributed by atoms with Crippen molar-refractivity contribution in [3.05, 3.63) is 145 Å². The number of hydrogen-bond donors (Lipinski definition) is 0. The Kier molecular flexibility index (Phi) is 5.61. The Bertz CT molecular complexity index is 2310. The summed E-state index contributed by atoms with van der Waals surface area (Å²) in [6.45, 7) is 4.07. The molecule has 0 saturated heterocycles. The molecule has 0 aliphatic carbocycles. The van der Waals surface area contributed by atoms with Gasteiger partial charge in [-0.3, -0.25) is 0 Å². The van der Waals surface area contributed by atoms with Gasteiger partial charge < -0.3 is 0 Å². The van der Waals surface area contributed by atoms with Gasteiger partial charge in [0.1, 0.15) is 0 Å². The van der Waals surface area contributed by atoms with E-state index in [-0.39, 0.29) is 0 Å². The Morgan fingerprint density at radius 1 is 0.357 bits per heavy atom. The van der Waals surface area contributed by atoms with Crippen molar-refractivity contribution in [1.29, 1.82) is 0 Å². The summed E-state index contributed by atoms with van der Waals surface area (Å²) in [5, 5.41) is 9.88. The zero-order valence-electron chi connectivity index (χ0n) is 23.6. The minimum Gasteiger partial charge on any atom is -0.233 e. The van der Waals surface area contributed by atoms with Gasteiger partial charge in [0.2, 0.25) is 0 Å². The van der Waals surface area contributed by atoms with Crippen molar-refractivity contribution in [2.45, 2.75) is 13.8 Å². The zero-order valence-corrected chi connectivity index (χ0v) is 23.6. The van der Waals surface area contributed by atoms with Crippen LogP contribution in [0.2, 0.25) is 0 Å². The van der Waals surface area contributed by atoms with E-state index < -0.39 is 0 Å². The maximum Gasteiger partial charge on any atom is 0.159 e. The Morgan fingerprint density at radius 3 is 1.38 bits per heavy atom. The van der Waals surface area contributed by atoms with Gasteiger partial charge in [-0.05, 0) is 103 Å². The molecule has 0 aliphatic heterocycles. The summed E-state index contributed by atoms with van der Waals surface area (Å²) in [5.74, 6) is 0.763. The van der Waals surface area contributed by atoms with E-state index in [4.69, 9.17) is 9.97 Å². The summed E-state index contributed by atoms with van der Waals surface area (Å²) < 4.78 is 0. The van der Waals surface area contributed by atoms with Crippen LogP contribution in [0.1, 0.15) is 11.4 Å². The quantitative estimate of drug-likeness (QED) is 0.210. The molecule has 0 spiro atoms. The molecule has 198 valence electrons. The second kappa shape index (κ2) is 9.64. The fourth-order valence-corrected chi connectivity index (χ4v) is 6.48. The molecule has 8 rings (SSSR count). The van der Waals surface area contributed by atoms with Crippen LogP contribution in [-0.2, 0) is 0 Å². The molecular formula is C40H28N2. The smallest absolute Gasteiger partial charge is 0.159 e. The monoisotopic (exact) mass is 536 g/mol. The van der Waals surface area contributed by atoms with E-state index in [0.29, 0.717) is 0 Å². The van der Waals surface area contributed by atoms with Crippen LogP contribution in [0.25, 0.3) is 76.7 Å². The highest BCUT2D eigenvalue weighted by molar-refractivity contribution is 6.22. The molecule has 2 heteroatoms. The third-order valence-electron chi connectivity index (χ3n) is 8.34. The van der Waals surface area contributed by atoms with Crippen molar-refractivity contribution in [2.24, 2.45) is 0 Å². The third-order valence-corrected chi connectivity index (χ3v) is 8.34. The molecular weight excluding hydrogens is 508 g/mol. The standard InChI is InChI=1S/C40H28N2/c1-25-21-26(2)42-40(41-25)33-19-20-36-37(24-33)39(32-18-16-28-10-4-6-12-30(28)23-32)35-14-8-7-13-34(35)38(36)31-17-15-27-9-3-5-11-29(27)22-31/h3-24H,1-2H3. The van der Waals surface area contributed by atoms with Gasteiger partial charge in [-0.2, -0.15) is 0 Å². The van der Waals surface area contributed by atoms with Gasteiger partial charge >= 0.3 is 0 Å². The van der Waals surface area contributed by atoms with E-state index in [1.807, 2.05) is 19.9 Å². The predicted molar refractivity (Wildman–Crippen MR) is 178 cm³/mol. The summed E-state index contributed by atoms with van der Waals surface area (Å²) in [5.41, 5.74) is 7.89. The second-order valence-corrected chi connectivity index (χ2v) is 11.2. The van der Waals surface area contributed by atoms with Gasteiger partial charge in [-0.1, -0.05) is 109 Å². The average molecular weight is 537 g/mol. The van der Waals surface area contributed by atoms with Crippen molar-refractivity contribution in [1.82, 2.24) is 9.97 Å². The summed E-state index contributed by atoms with van der Waals surface area (Å²) in [7, 11) is 0. The molecule has 2 nitrogen and oxygen atoms in total. The second-order valence-electron chi connectivity index (χ2n) is 11.2. The highest BCUT2D eigenvalue weighted by atomic mass is 14.9. The summed E-state index contributed by atoms with van der Waals surface area (Å²) in [6.07, 6.45) is 0. The van der Waals surface area contributed by atoms with Crippen LogP contribution >= 0.6 is 0 Å². The number of rotatable bonds is 3. The van der Waals surface area contributed by atoms with Crippen LogP contribution in [0.3, 0.4) is 0 Å². The molecule has 7 aromatic carbocycles. The molecule has 0 unspecified atom stereocenters. The molecule has 0 atom stereocenters. The lowest BCUT2D eigenvalue weighted by Gasteiger charge is -2.19. The minimum absolute atomic E-state index is 0.763. The van der Waals surface area contributed by atoms with E-state index in [1.165, 1.54) is 65.3 Å². The maximum atomic E-state index is 4.82. The zero-order chi connectivity index (χ0) is 28.2. The van der Waals surface area contributed by atoms with Crippen LogP contribution < -0.4 is 0 Å². The van der Waals surface area contributed by atoms with E-state index in [9.17, 15) is 0 Å². The van der Waals surface area contributed by atoms with E-state index in [0.717, 1.165) is 22.8 Å². The molecule has 8 aromatic rings. The fraction of sp³-hybridized carbons (Fsp3) is 0.0500. The van der Waals surface area contributed by atoms with Crippen LogP contribution in [0.5, 0.6) is 0 Å². The number of aromatic nitrogens is 2. The number of aryl methyl sites for hydroxylation is 2. The number of nitrogens with zero attached hydrogens (tertiary/aromatic N) is 2. The van der Waals surface area contributed by atoms with E-state index in [2.05, 4.69) is 127 Å². The summed E-state index contributed by atoms with van der Waals surface area (Å²) in [6, 6.07) is 48.4. The van der Waals surface area contributed by atoms with E-state index >= 15 is 0 Å². The molecule has 0 saturated carbocycles. The first kappa shape index (κ1) is 24.5. The molecule has 0 aliphatic rings. The minimum atomic E-state index is 0.763. The lowest BCUT2D eigenvalue weighted by atomic mass is 9.84. The van der Waals surface area contributed by atoms with Crippen molar-refractivity contribution in [3.63, 3.8) is 0 Å². The van der Waals surface area contributed by atoms with Gasteiger partial charge in [0.25, 0.3) is 0 Å². The van der Waals surface area contributed by atoms with Crippen molar-refractivity contribution < 1.29 is 0 Å². The van der Waals surface area contributed by atoms with E-state index in [1.54, 1.807) is 0 Å². The van der Waals surface area contributed by atoms with Gasteiger partial charge in [-0.25, -0.2) is 9.97 Å². The van der Waals surface area contributed by atoms with Crippen molar-refractivity contribution >= 4 is 43.1 Å². The molecule has 1 heterocycles. The Balaban J connectivity index is 1.51. The highest BCUT2D eigenvalue weighted by Crippen LogP contribution is 2.45. The largest absolute Gasteiger partial charge is 0.233 e. The van der Waals surface area contributed by atoms with Gasteiger partial charge in [0, 0.05) is 17.0 Å². The number of fused-ring (bicyclic) bond motifs is 4. The molecule has 0 fully saturated rings. The molecule has 42 heavy (non-hydrogen) atoms. The maximum absolute atomic E-state index is 4.82. The summed E-state index contributed by atoms with van der Waals surface area (Å²) >= 11 is 0. The van der Waals surface area contributed by atoms with Crippen molar-refractivity contribution in [3.8, 4) is 33.6 Å². The Labute approximate surface area is 244 Å². The molecule has 1 aromatic heterocycles. The molecule has 0 N–H and O–H groups in total. The third kappa shape index (κ3) is 4.03. The lowest BCUT2D eigenvalue weighted by molar-refractivity contribution is 1.06. The van der Waals surface area contributed by atoms with Gasteiger partial charge in [-0.15, -0.1) is 0 Å². The molecule has 0 bridgehead atoms. The number of hydrogen-bond acceptors (Lipinski definition) is 2. The van der Waals surface area contributed by atoms with Crippen LogP contribution in [0.4, 0.5) is 0 Å². The Hall–Kier alpha value is -5.34. The predicted octanol–water partition coefficient (Wildman–Crippen LogP) is 10.7. The van der Waals surface area contributed by atoms with Gasteiger partial charge in [0.05, 0.1) is 0 Å². The molecule has 0 radical (unpaired) electrons. The lowest BCUT2D eigenvalue weighted by Crippen LogP contribution is -1.96. The van der Waals surface area contributed by atoms with Crippen molar-refractivity contribution in [2.75, 3.05) is 0 Å². The number of benzene rings is 7. The van der Waals surface area contributed by atoms with Crippen LogP contribution in [0.15, 0.2) is 133 Å². The average Bonchev–Trinajstić information content (AvgIpc) is 3.02.